The first kappa shape index (κ1) is 22.8. The smallest absolute Gasteiger partial charge is 0.225 e. The Morgan fingerprint density at radius 2 is 2.00 bits per heavy atom. The number of guanidine groups is 1. The lowest BCUT2D eigenvalue weighted by molar-refractivity contribution is 0.187. The summed E-state index contributed by atoms with van der Waals surface area (Å²) < 4.78 is 10.9. The molecule has 164 valence electrons. The van der Waals surface area contributed by atoms with Gasteiger partial charge in [0.05, 0.1) is 12.9 Å². The lowest BCUT2D eigenvalue weighted by atomic mass is 10.1. The fraction of sp³-hybridized carbons (Fsp3) is 0.571. The molecule has 0 bridgehead atoms. The van der Waals surface area contributed by atoms with Crippen molar-refractivity contribution >= 4 is 35.9 Å². The monoisotopic (exact) mass is 526 g/mol. The standard InChI is InChI=1S/C21H30N6O2.HI/c1-3-19(29-13-1)4-10-22-20(25-15-17-7-14-28-16-17)26-18-5-11-27(12-6-18)21-23-8-2-9-24-21;/h1-3,8-9,13,17-18H,4-7,10-12,14-16H2,(H2,22,25,26);1H. The molecule has 4 heterocycles. The highest BCUT2D eigenvalue weighted by Gasteiger charge is 2.22. The van der Waals surface area contributed by atoms with Crippen molar-refractivity contribution in [3.05, 3.63) is 42.6 Å². The Kier molecular flexibility index (Phi) is 9.19. The van der Waals surface area contributed by atoms with Gasteiger partial charge in [0, 0.05) is 63.6 Å². The van der Waals surface area contributed by atoms with E-state index in [1.807, 2.05) is 18.2 Å². The van der Waals surface area contributed by atoms with Crippen LogP contribution in [0.15, 0.2) is 46.3 Å². The molecule has 2 saturated heterocycles. The molecule has 4 rings (SSSR count). The Labute approximate surface area is 194 Å². The van der Waals surface area contributed by atoms with Crippen molar-refractivity contribution in [2.75, 3.05) is 44.3 Å². The van der Waals surface area contributed by atoms with Gasteiger partial charge in [-0.2, -0.15) is 0 Å². The maximum absolute atomic E-state index is 5.48. The molecule has 1 unspecified atom stereocenters. The lowest BCUT2D eigenvalue weighted by Crippen LogP contribution is -2.49. The zero-order valence-electron chi connectivity index (χ0n) is 17.2. The molecule has 2 N–H and O–H groups in total. The predicted molar refractivity (Wildman–Crippen MR) is 127 cm³/mol. The number of halogens is 1. The van der Waals surface area contributed by atoms with Gasteiger partial charge >= 0.3 is 0 Å². The number of rotatable bonds is 7. The van der Waals surface area contributed by atoms with Crippen LogP contribution in [0.3, 0.4) is 0 Å². The molecule has 8 nitrogen and oxygen atoms in total. The fourth-order valence-corrected chi connectivity index (χ4v) is 3.73. The van der Waals surface area contributed by atoms with Gasteiger partial charge in [-0.05, 0) is 37.5 Å². The summed E-state index contributed by atoms with van der Waals surface area (Å²) in [5.74, 6) is 3.21. The number of hydrogen-bond acceptors (Lipinski definition) is 6. The summed E-state index contributed by atoms with van der Waals surface area (Å²) >= 11 is 0. The molecule has 2 aliphatic heterocycles. The highest BCUT2D eigenvalue weighted by atomic mass is 127. The molecule has 0 saturated carbocycles. The summed E-state index contributed by atoms with van der Waals surface area (Å²) in [6.07, 6.45) is 9.31. The van der Waals surface area contributed by atoms with Gasteiger partial charge in [-0.15, -0.1) is 24.0 Å². The second-order valence-electron chi connectivity index (χ2n) is 7.63. The molecule has 0 amide bonds. The van der Waals surface area contributed by atoms with Crippen LogP contribution in [0.5, 0.6) is 0 Å². The van der Waals surface area contributed by atoms with E-state index in [1.165, 1.54) is 0 Å². The Morgan fingerprint density at radius 1 is 1.17 bits per heavy atom. The molecule has 2 aliphatic rings. The first-order valence-corrected chi connectivity index (χ1v) is 10.5. The van der Waals surface area contributed by atoms with Gasteiger partial charge in [-0.3, -0.25) is 4.99 Å². The molecule has 0 radical (unpaired) electrons. The van der Waals surface area contributed by atoms with Crippen LogP contribution in [0.25, 0.3) is 0 Å². The van der Waals surface area contributed by atoms with E-state index in [-0.39, 0.29) is 24.0 Å². The molecule has 2 aromatic rings. The topological polar surface area (TPSA) is 87.8 Å². The number of ether oxygens (including phenoxy) is 1. The second-order valence-corrected chi connectivity index (χ2v) is 7.63. The summed E-state index contributed by atoms with van der Waals surface area (Å²) in [4.78, 5) is 15.8. The minimum atomic E-state index is 0. The van der Waals surface area contributed by atoms with E-state index in [0.29, 0.717) is 12.0 Å². The van der Waals surface area contributed by atoms with Crippen LogP contribution in [0.2, 0.25) is 0 Å². The van der Waals surface area contributed by atoms with Crippen LogP contribution in [-0.2, 0) is 11.2 Å². The zero-order valence-corrected chi connectivity index (χ0v) is 19.5. The molecule has 0 spiro atoms. The summed E-state index contributed by atoms with van der Waals surface area (Å²) in [5, 5.41) is 7.10. The van der Waals surface area contributed by atoms with Crippen molar-refractivity contribution in [3.8, 4) is 0 Å². The van der Waals surface area contributed by atoms with Crippen molar-refractivity contribution in [1.29, 1.82) is 0 Å². The highest BCUT2D eigenvalue weighted by Crippen LogP contribution is 2.16. The minimum absolute atomic E-state index is 0. The summed E-state index contributed by atoms with van der Waals surface area (Å²) in [6.45, 7) is 5.15. The van der Waals surface area contributed by atoms with Crippen LogP contribution in [0.1, 0.15) is 25.0 Å². The first-order chi connectivity index (χ1) is 14.4. The number of anilines is 1. The summed E-state index contributed by atoms with van der Waals surface area (Å²) in [5.41, 5.74) is 0. The Bertz CT molecular complexity index is 744. The molecule has 0 aliphatic carbocycles. The summed E-state index contributed by atoms with van der Waals surface area (Å²) in [6, 6.07) is 6.17. The van der Waals surface area contributed by atoms with Crippen LogP contribution in [-0.4, -0.2) is 61.4 Å². The van der Waals surface area contributed by atoms with Crippen molar-refractivity contribution in [1.82, 2.24) is 20.6 Å². The third-order valence-electron chi connectivity index (χ3n) is 5.45. The van der Waals surface area contributed by atoms with Crippen molar-refractivity contribution in [3.63, 3.8) is 0 Å². The average Bonchev–Trinajstić information content (AvgIpc) is 3.47. The molecule has 2 aromatic heterocycles. The van der Waals surface area contributed by atoms with Gasteiger partial charge in [0.15, 0.2) is 5.96 Å². The molecule has 9 heteroatoms. The van der Waals surface area contributed by atoms with Crippen LogP contribution in [0.4, 0.5) is 5.95 Å². The molecular weight excluding hydrogens is 495 g/mol. The second kappa shape index (κ2) is 12.1. The Balaban J connectivity index is 0.00000256. The van der Waals surface area contributed by atoms with E-state index in [4.69, 9.17) is 14.1 Å². The number of nitrogens with one attached hydrogen (secondary N) is 2. The largest absolute Gasteiger partial charge is 0.469 e. The van der Waals surface area contributed by atoms with E-state index in [9.17, 15) is 0 Å². The van der Waals surface area contributed by atoms with E-state index in [0.717, 1.165) is 82.7 Å². The summed E-state index contributed by atoms with van der Waals surface area (Å²) in [7, 11) is 0. The highest BCUT2D eigenvalue weighted by molar-refractivity contribution is 14.0. The van der Waals surface area contributed by atoms with Gasteiger partial charge < -0.3 is 24.7 Å². The average molecular weight is 526 g/mol. The van der Waals surface area contributed by atoms with Crippen LogP contribution < -0.4 is 15.5 Å². The number of aromatic nitrogens is 2. The SMILES string of the molecule is I.c1cnc(N2CCC(NC(=NCC3CCOC3)NCCc3ccco3)CC2)nc1. The van der Waals surface area contributed by atoms with Gasteiger partial charge in [-0.25, -0.2) is 9.97 Å². The normalized spacial score (nSPS) is 20.1. The number of furan rings is 1. The van der Waals surface area contributed by atoms with Gasteiger partial charge in [0.25, 0.3) is 0 Å². The maximum Gasteiger partial charge on any atom is 0.225 e. The third-order valence-corrected chi connectivity index (χ3v) is 5.45. The van der Waals surface area contributed by atoms with Crippen LogP contribution >= 0.6 is 24.0 Å². The Hall–Kier alpha value is -1.88. The van der Waals surface area contributed by atoms with E-state index >= 15 is 0 Å². The number of piperidine rings is 1. The molecular formula is C21H31IN6O2. The van der Waals surface area contributed by atoms with Gasteiger partial charge in [0.1, 0.15) is 5.76 Å². The van der Waals surface area contributed by atoms with Crippen molar-refractivity contribution in [2.24, 2.45) is 10.9 Å². The third kappa shape index (κ3) is 6.83. The lowest BCUT2D eigenvalue weighted by Gasteiger charge is -2.33. The quantitative estimate of drug-likeness (QED) is 0.326. The van der Waals surface area contributed by atoms with Gasteiger partial charge in [-0.1, -0.05) is 0 Å². The molecule has 0 aromatic carbocycles. The van der Waals surface area contributed by atoms with Crippen molar-refractivity contribution in [2.45, 2.75) is 31.7 Å². The van der Waals surface area contributed by atoms with Gasteiger partial charge in [0.2, 0.25) is 5.95 Å². The van der Waals surface area contributed by atoms with E-state index < -0.39 is 0 Å². The molecule has 2 fully saturated rings. The van der Waals surface area contributed by atoms with E-state index in [2.05, 4.69) is 25.5 Å². The van der Waals surface area contributed by atoms with Crippen LogP contribution in [0, 0.1) is 5.92 Å². The minimum Gasteiger partial charge on any atom is -0.469 e. The zero-order chi connectivity index (χ0) is 19.7. The maximum atomic E-state index is 5.48. The molecule has 30 heavy (non-hydrogen) atoms. The fourth-order valence-electron chi connectivity index (χ4n) is 3.73. The number of hydrogen-bond donors (Lipinski definition) is 2. The Morgan fingerprint density at radius 3 is 2.70 bits per heavy atom. The number of nitrogens with zero attached hydrogens (tertiary/aromatic N) is 4. The van der Waals surface area contributed by atoms with E-state index in [1.54, 1.807) is 18.7 Å². The molecule has 1 atom stereocenters. The first-order valence-electron chi connectivity index (χ1n) is 10.5. The number of aliphatic imine (C=N–C) groups is 1. The predicted octanol–water partition coefficient (Wildman–Crippen LogP) is 2.47. The van der Waals surface area contributed by atoms with Crippen molar-refractivity contribution < 1.29 is 9.15 Å².